The number of rotatable bonds is 8. The number of nitrogens with zero attached hydrogens (tertiary/aromatic N) is 5. The Bertz CT molecular complexity index is 800. The van der Waals surface area contributed by atoms with E-state index < -0.39 is 0 Å². The highest BCUT2D eigenvalue weighted by Gasteiger charge is 2.23. The first-order valence-electron chi connectivity index (χ1n) is 10.4. The van der Waals surface area contributed by atoms with Crippen LogP contribution in [-0.2, 0) is 0 Å². The third kappa shape index (κ3) is 6.12. The molecule has 1 amide bonds. The van der Waals surface area contributed by atoms with Gasteiger partial charge in [-0.1, -0.05) is 55.8 Å². The second-order valence-corrected chi connectivity index (χ2v) is 7.44. The fraction of sp³-hybridized carbons (Fsp3) is 0.435. The molecule has 1 aliphatic rings. The molecule has 1 aliphatic heterocycles. The molecule has 2 heterocycles. The quantitative estimate of drug-likeness (QED) is 0.689. The molecule has 0 unspecified atom stereocenters. The van der Waals surface area contributed by atoms with Crippen LogP contribution in [0.1, 0.15) is 35.8 Å². The topological polar surface area (TPSA) is 52.6 Å². The van der Waals surface area contributed by atoms with Crippen molar-refractivity contribution < 1.29 is 4.79 Å². The van der Waals surface area contributed by atoms with Gasteiger partial charge >= 0.3 is 0 Å². The monoisotopic (exact) mass is 393 g/mol. The number of carbonyl (C=O) groups excluding carboxylic acids is 1. The molecule has 29 heavy (non-hydrogen) atoms. The minimum atomic E-state index is -0.00276. The maximum Gasteiger partial charge on any atom is 0.272 e. The van der Waals surface area contributed by atoms with Crippen molar-refractivity contribution in [1.82, 2.24) is 19.8 Å². The molecule has 154 valence electrons. The van der Waals surface area contributed by atoms with E-state index in [0.717, 1.165) is 57.9 Å². The van der Waals surface area contributed by atoms with Gasteiger partial charge < -0.3 is 9.80 Å². The summed E-state index contributed by atoms with van der Waals surface area (Å²) in [5.41, 5.74) is 1.69. The molecule has 1 fully saturated rings. The number of hydrogen-bond donors (Lipinski definition) is 0. The molecular formula is C23H31N5O. The first-order valence-corrected chi connectivity index (χ1v) is 10.4. The van der Waals surface area contributed by atoms with Crippen LogP contribution in [0.3, 0.4) is 0 Å². The van der Waals surface area contributed by atoms with Gasteiger partial charge in [0.1, 0.15) is 17.8 Å². The highest BCUT2D eigenvalue weighted by molar-refractivity contribution is 5.93. The average Bonchev–Trinajstić information content (AvgIpc) is 2.78. The van der Waals surface area contributed by atoms with Crippen molar-refractivity contribution in [3.8, 4) is 0 Å². The lowest BCUT2D eigenvalue weighted by atomic mass is 10.2. The Balaban J connectivity index is 1.50. The molecule has 1 aromatic heterocycles. The predicted octanol–water partition coefficient (Wildman–Crippen LogP) is 3.18. The van der Waals surface area contributed by atoms with Crippen LogP contribution in [-0.4, -0.2) is 72.0 Å². The van der Waals surface area contributed by atoms with Crippen molar-refractivity contribution >= 4 is 17.8 Å². The average molecular weight is 394 g/mol. The molecular weight excluding hydrogens is 362 g/mol. The predicted molar refractivity (Wildman–Crippen MR) is 118 cm³/mol. The SMILES string of the molecule is CCCCN(C)c1cc(C(=O)N2CCN(C/C=C/c3ccccc3)CC2)ncn1. The lowest BCUT2D eigenvalue weighted by molar-refractivity contribution is 0.0644. The van der Waals surface area contributed by atoms with Crippen molar-refractivity contribution in [2.24, 2.45) is 0 Å². The third-order valence-corrected chi connectivity index (χ3v) is 5.24. The molecule has 0 atom stereocenters. The van der Waals surface area contributed by atoms with Crippen LogP contribution in [0.15, 0.2) is 48.8 Å². The van der Waals surface area contributed by atoms with Gasteiger partial charge in [0.25, 0.3) is 5.91 Å². The fourth-order valence-electron chi connectivity index (χ4n) is 3.38. The van der Waals surface area contributed by atoms with Gasteiger partial charge in [0.2, 0.25) is 0 Å². The van der Waals surface area contributed by atoms with Gasteiger partial charge in [0.05, 0.1) is 0 Å². The summed E-state index contributed by atoms with van der Waals surface area (Å²) in [6, 6.07) is 12.1. The van der Waals surface area contributed by atoms with E-state index >= 15 is 0 Å². The summed E-state index contributed by atoms with van der Waals surface area (Å²) in [6.07, 6.45) is 8.07. The molecule has 0 aliphatic carbocycles. The van der Waals surface area contributed by atoms with Crippen LogP contribution in [0, 0.1) is 0 Å². The number of amides is 1. The van der Waals surface area contributed by atoms with E-state index in [1.165, 1.54) is 11.9 Å². The molecule has 6 nitrogen and oxygen atoms in total. The third-order valence-electron chi connectivity index (χ3n) is 5.24. The molecule has 0 N–H and O–H groups in total. The highest BCUT2D eigenvalue weighted by atomic mass is 16.2. The summed E-state index contributed by atoms with van der Waals surface area (Å²) < 4.78 is 0. The number of anilines is 1. The Hall–Kier alpha value is -2.73. The second-order valence-electron chi connectivity index (χ2n) is 7.44. The lowest BCUT2D eigenvalue weighted by Crippen LogP contribution is -2.48. The van der Waals surface area contributed by atoms with E-state index in [4.69, 9.17) is 0 Å². The van der Waals surface area contributed by atoms with Crippen LogP contribution >= 0.6 is 0 Å². The van der Waals surface area contributed by atoms with Crippen molar-refractivity contribution in [3.63, 3.8) is 0 Å². The van der Waals surface area contributed by atoms with Crippen molar-refractivity contribution in [3.05, 3.63) is 60.1 Å². The normalized spacial score (nSPS) is 15.0. The summed E-state index contributed by atoms with van der Waals surface area (Å²) >= 11 is 0. The van der Waals surface area contributed by atoms with Crippen LogP contribution < -0.4 is 4.90 Å². The largest absolute Gasteiger partial charge is 0.360 e. The minimum absolute atomic E-state index is 0.00276. The van der Waals surface area contributed by atoms with E-state index in [0.29, 0.717) is 5.69 Å². The summed E-state index contributed by atoms with van der Waals surface area (Å²) in [4.78, 5) is 27.8. The minimum Gasteiger partial charge on any atom is -0.360 e. The Kier molecular flexibility index (Phi) is 7.76. The maximum atomic E-state index is 12.9. The molecule has 3 rings (SSSR count). The van der Waals surface area contributed by atoms with E-state index in [-0.39, 0.29) is 5.91 Å². The van der Waals surface area contributed by atoms with E-state index in [1.807, 2.05) is 36.2 Å². The van der Waals surface area contributed by atoms with Gasteiger partial charge in [0, 0.05) is 52.4 Å². The first-order chi connectivity index (χ1) is 14.2. The van der Waals surface area contributed by atoms with Crippen molar-refractivity contribution in [1.29, 1.82) is 0 Å². The highest BCUT2D eigenvalue weighted by Crippen LogP contribution is 2.13. The van der Waals surface area contributed by atoms with E-state index in [9.17, 15) is 4.79 Å². The Morgan fingerprint density at radius 1 is 1.14 bits per heavy atom. The van der Waals surface area contributed by atoms with Gasteiger partial charge in [-0.3, -0.25) is 9.69 Å². The second kappa shape index (κ2) is 10.7. The molecule has 2 aromatic rings. The van der Waals surface area contributed by atoms with Crippen LogP contribution in [0.2, 0.25) is 0 Å². The first kappa shape index (κ1) is 21.0. The molecule has 0 saturated carbocycles. The summed E-state index contributed by atoms with van der Waals surface area (Å²) in [5.74, 6) is 0.804. The number of piperazine rings is 1. The smallest absolute Gasteiger partial charge is 0.272 e. The molecule has 0 radical (unpaired) electrons. The molecule has 6 heteroatoms. The van der Waals surface area contributed by atoms with Gasteiger partial charge in [-0.15, -0.1) is 0 Å². The number of aromatic nitrogens is 2. The number of carbonyl (C=O) groups is 1. The number of hydrogen-bond acceptors (Lipinski definition) is 5. The standard InChI is InChI=1S/C23H31N5O/c1-3-4-12-26(2)22-18-21(24-19-25-22)23(29)28-16-14-27(15-17-28)13-8-11-20-9-6-5-7-10-20/h5-11,18-19H,3-4,12-17H2,1-2H3/b11-8+. The Labute approximate surface area is 173 Å². The summed E-state index contributed by atoms with van der Waals surface area (Å²) in [5, 5.41) is 0. The van der Waals surface area contributed by atoms with Crippen LogP contribution in [0.5, 0.6) is 0 Å². The zero-order valence-electron chi connectivity index (χ0n) is 17.5. The maximum absolute atomic E-state index is 12.9. The van der Waals surface area contributed by atoms with Gasteiger partial charge in [-0.2, -0.15) is 0 Å². The van der Waals surface area contributed by atoms with Crippen molar-refractivity contribution in [2.75, 3.05) is 51.2 Å². The zero-order valence-corrected chi connectivity index (χ0v) is 17.5. The lowest BCUT2D eigenvalue weighted by Gasteiger charge is -2.34. The summed E-state index contributed by atoms with van der Waals surface area (Å²) in [7, 11) is 2.01. The van der Waals surface area contributed by atoms with Crippen LogP contribution in [0.25, 0.3) is 6.08 Å². The van der Waals surface area contributed by atoms with Gasteiger partial charge in [-0.25, -0.2) is 9.97 Å². The fourth-order valence-corrected chi connectivity index (χ4v) is 3.38. The molecule has 1 aromatic carbocycles. The van der Waals surface area contributed by atoms with Gasteiger partial charge in [-0.05, 0) is 12.0 Å². The molecule has 0 bridgehead atoms. The van der Waals surface area contributed by atoms with Crippen molar-refractivity contribution in [2.45, 2.75) is 19.8 Å². The molecule has 1 saturated heterocycles. The van der Waals surface area contributed by atoms with Gasteiger partial charge in [0.15, 0.2) is 0 Å². The van der Waals surface area contributed by atoms with E-state index in [2.05, 4.69) is 51.0 Å². The van der Waals surface area contributed by atoms with Crippen LogP contribution in [0.4, 0.5) is 5.82 Å². The molecule has 0 spiro atoms. The Morgan fingerprint density at radius 2 is 1.90 bits per heavy atom. The summed E-state index contributed by atoms with van der Waals surface area (Å²) in [6.45, 7) is 7.19. The number of unbranched alkanes of at least 4 members (excludes halogenated alkanes) is 1. The van der Waals surface area contributed by atoms with E-state index in [1.54, 1.807) is 0 Å². The number of benzene rings is 1. The zero-order chi connectivity index (χ0) is 20.5. The Morgan fingerprint density at radius 3 is 2.62 bits per heavy atom.